The molecule has 0 unspecified atom stereocenters. The highest BCUT2D eigenvalue weighted by molar-refractivity contribution is 6.36. The largest absolute Gasteiger partial charge is 0.371 e. The van der Waals surface area contributed by atoms with Crippen LogP contribution in [-0.2, 0) is 6.54 Å². The van der Waals surface area contributed by atoms with Crippen LogP contribution in [0.2, 0.25) is 10.0 Å². The Balaban J connectivity index is 1.79. The fourth-order valence-corrected chi connectivity index (χ4v) is 3.60. The minimum Gasteiger partial charge on any atom is -0.371 e. The molecule has 3 rings (SSSR count). The normalized spacial score (nSPS) is 14.0. The molecule has 0 aliphatic carbocycles. The quantitative estimate of drug-likeness (QED) is 0.774. The number of amides is 1. The molecule has 126 valence electrons. The van der Waals surface area contributed by atoms with Gasteiger partial charge in [-0.15, -0.1) is 0 Å². The topological polar surface area (TPSA) is 23.6 Å². The van der Waals surface area contributed by atoms with Crippen molar-refractivity contribution in [1.29, 1.82) is 0 Å². The Labute approximate surface area is 152 Å². The van der Waals surface area contributed by atoms with E-state index in [9.17, 15) is 4.79 Å². The van der Waals surface area contributed by atoms with Gasteiger partial charge in [-0.05, 0) is 42.7 Å². The SMILES string of the molecule is CN(Cc1ccccc1N1CCCC1)C(=O)c1ccc(Cl)cc1Cl. The van der Waals surface area contributed by atoms with Crippen molar-refractivity contribution in [2.24, 2.45) is 0 Å². The Morgan fingerprint density at radius 1 is 1.12 bits per heavy atom. The van der Waals surface area contributed by atoms with Crippen LogP contribution in [0.3, 0.4) is 0 Å². The zero-order valence-electron chi connectivity index (χ0n) is 13.6. The molecule has 24 heavy (non-hydrogen) atoms. The Morgan fingerprint density at radius 3 is 2.54 bits per heavy atom. The van der Waals surface area contributed by atoms with Crippen molar-refractivity contribution in [1.82, 2.24) is 4.90 Å². The smallest absolute Gasteiger partial charge is 0.255 e. The van der Waals surface area contributed by atoms with Crippen molar-refractivity contribution >= 4 is 34.8 Å². The van der Waals surface area contributed by atoms with E-state index in [1.54, 1.807) is 30.1 Å². The van der Waals surface area contributed by atoms with E-state index in [2.05, 4.69) is 23.1 Å². The second-order valence-corrected chi connectivity index (χ2v) is 6.95. The number of para-hydroxylation sites is 1. The van der Waals surface area contributed by atoms with Crippen LogP contribution in [0.5, 0.6) is 0 Å². The lowest BCUT2D eigenvalue weighted by Gasteiger charge is -2.24. The van der Waals surface area contributed by atoms with E-state index in [1.165, 1.54) is 18.5 Å². The summed E-state index contributed by atoms with van der Waals surface area (Å²) >= 11 is 12.1. The summed E-state index contributed by atoms with van der Waals surface area (Å²) in [6.45, 7) is 2.71. The molecular weight excluding hydrogens is 343 g/mol. The zero-order valence-corrected chi connectivity index (χ0v) is 15.1. The fraction of sp³-hybridized carbons (Fsp3) is 0.316. The molecule has 0 bridgehead atoms. The van der Waals surface area contributed by atoms with Gasteiger partial charge < -0.3 is 9.80 Å². The van der Waals surface area contributed by atoms with Crippen molar-refractivity contribution in [3.63, 3.8) is 0 Å². The fourth-order valence-electron chi connectivity index (χ4n) is 3.11. The molecule has 0 atom stereocenters. The summed E-state index contributed by atoms with van der Waals surface area (Å²) in [5, 5.41) is 0.908. The zero-order chi connectivity index (χ0) is 17.1. The second kappa shape index (κ2) is 7.45. The van der Waals surface area contributed by atoms with Gasteiger partial charge in [-0.2, -0.15) is 0 Å². The average molecular weight is 363 g/mol. The van der Waals surface area contributed by atoms with Gasteiger partial charge in [0, 0.05) is 37.4 Å². The highest BCUT2D eigenvalue weighted by atomic mass is 35.5. The molecule has 2 aromatic rings. The number of nitrogens with zero attached hydrogens (tertiary/aromatic N) is 2. The maximum Gasteiger partial charge on any atom is 0.255 e. The van der Waals surface area contributed by atoms with Crippen LogP contribution < -0.4 is 4.90 Å². The van der Waals surface area contributed by atoms with E-state index >= 15 is 0 Å². The second-order valence-electron chi connectivity index (χ2n) is 6.11. The summed E-state index contributed by atoms with van der Waals surface area (Å²) in [4.78, 5) is 16.8. The first-order chi connectivity index (χ1) is 11.6. The number of benzene rings is 2. The van der Waals surface area contributed by atoms with Crippen molar-refractivity contribution in [2.75, 3.05) is 25.0 Å². The van der Waals surface area contributed by atoms with Crippen LogP contribution in [0.1, 0.15) is 28.8 Å². The number of carbonyl (C=O) groups excluding carboxylic acids is 1. The lowest BCUT2D eigenvalue weighted by molar-refractivity contribution is 0.0785. The van der Waals surface area contributed by atoms with Crippen molar-refractivity contribution < 1.29 is 4.79 Å². The standard InChI is InChI=1S/C19H20Cl2N2O/c1-22(19(24)16-9-8-15(20)12-17(16)21)13-14-6-2-3-7-18(14)23-10-4-5-11-23/h2-3,6-9,12H,4-5,10-11,13H2,1H3. The Bertz CT molecular complexity index is 742. The van der Waals surface area contributed by atoms with Crippen molar-refractivity contribution in [3.8, 4) is 0 Å². The van der Waals surface area contributed by atoms with Gasteiger partial charge in [0.15, 0.2) is 0 Å². The van der Waals surface area contributed by atoms with Gasteiger partial charge in [0.05, 0.1) is 10.6 Å². The lowest BCUT2D eigenvalue weighted by Crippen LogP contribution is -2.28. The minimum absolute atomic E-state index is 0.104. The molecule has 2 aromatic carbocycles. The van der Waals surface area contributed by atoms with Crippen LogP contribution in [0.25, 0.3) is 0 Å². The molecule has 0 saturated carbocycles. The molecule has 0 aromatic heterocycles. The first-order valence-electron chi connectivity index (χ1n) is 8.09. The average Bonchev–Trinajstić information content (AvgIpc) is 3.09. The molecule has 5 heteroatoms. The maximum absolute atomic E-state index is 12.7. The van der Waals surface area contributed by atoms with Crippen LogP contribution in [0.4, 0.5) is 5.69 Å². The summed E-state index contributed by atoms with van der Waals surface area (Å²) in [5.74, 6) is -0.104. The van der Waals surface area contributed by atoms with Gasteiger partial charge in [-0.25, -0.2) is 0 Å². The Kier molecular flexibility index (Phi) is 5.32. The number of hydrogen-bond acceptors (Lipinski definition) is 2. The van der Waals surface area contributed by atoms with Gasteiger partial charge in [0.1, 0.15) is 0 Å². The van der Waals surface area contributed by atoms with E-state index in [-0.39, 0.29) is 5.91 Å². The van der Waals surface area contributed by atoms with Crippen LogP contribution in [0.15, 0.2) is 42.5 Å². The van der Waals surface area contributed by atoms with Gasteiger partial charge in [-0.3, -0.25) is 4.79 Å². The molecule has 1 aliphatic rings. The molecule has 1 fully saturated rings. The number of hydrogen-bond donors (Lipinski definition) is 0. The van der Waals surface area contributed by atoms with E-state index in [0.29, 0.717) is 22.2 Å². The first-order valence-corrected chi connectivity index (χ1v) is 8.85. The van der Waals surface area contributed by atoms with E-state index in [1.807, 2.05) is 6.07 Å². The number of carbonyl (C=O) groups is 1. The van der Waals surface area contributed by atoms with Crippen LogP contribution in [-0.4, -0.2) is 30.9 Å². The maximum atomic E-state index is 12.7. The number of rotatable bonds is 4. The Hall–Kier alpha value is -1.71. The summed E-state index contributed by atoms with van der Waals surface area (Å²) in [5.41, 5.74) is 2.85. The van der Waals surface area contributed by atoms with Gasteiger partial charge in [0.25, 0.3) is 5.91 Å². The van der Waals surface area contributed by atoms with Crippen molar-refractivity contribution in [2.45, 2.75) is 19.4 Å². The molecule has 1 saturated heterocycles. The molecule has 1 amide bonds. The van der Waals surface area contributed by atoms with Crippen LogP contribution in [0, 0.1) is 0 Å². The third-order valence-electron chi connectivity index (χ3n) is 4.35. The summed E-state index contributed by atoms with van der Waals surface area (Å²) < 4.78 is 0. The molecule has 0 spiro atoms. The highest BCUT2D eigenvalue weighted by Gasteiger charge is 2.19. The number of halogens is 2. The van der Waals surface area contributed by atoms with Gasteiger partial charge in [-0.1, -0.05) is 41.4 Å². The molecule has 1 heterocycles. The predicted molar refractivity (Wildman–Crippen MR) is 100 cm³/mol. The molecule has 3 nitrogen and oxygen atoms in total. The minimum atomic E-state index is -0.104. The van der Waals surface area contributed by atoms with E-state index < -0.39 is 0 Å². The highest BCUT2D eigenvalue weighted by Crippen LogP contribution is 2.27. The van der Waals surface area contributed by atoms with E-state index in [0.717, 1.165) is 18.7 Å². The lowest BCUT2D eigenvalue weighted by atomic mass is 10.1. The number of anilines is 1. The van der Waals surface area contributed by atoms with E-state index in [4.69, 9.17) is 23.2 Å². The Morgan fingerprint density at radius 2 is 1.83 bits per heavy atom. The van der Waals surface area contributed by atoms with Gasteiger partial charge in [0.2, 0.25) is 0 Å². The molecule has 0 N–H and O–H groups in total. The predicted octanol–water partition coefficient (Wildman–Crippen LogP) is 4.87. The first kappa shape index (κ1) is 17.1. The van der Waals surface area contributed by atoms with Gasteiger partial charge >= 0.3 is 0 Å². The summed E-state index contributed by atoms with van der Waals surface area (Å²) in [6.07, 6.45) is 2.45. The van der Waals surface area contributed by atoms with Crippen LogP contribution >= 0.6 is 23.2 Å². The third-order valence-corrected chi connectivity index (χ3v) is 4.90. The molecular formula is C19H20Cl2N2O. The summed E-state index contributed by atoms with van der Waals surface area (Å²) in [6, 6.07) is 13.2. The molecule has 0 radical (unpaired) electrons. The molecule has 1 aliphatic heterocycles. The third kappa shape index (κ3) is 3.68. The summed E-state index contributed by atoms with van der Waals surface area (Å²) in [7, 11) is 1.80. The monoisotopic (exact) mass is 362 g/mol. The van der Waals surface area contributed by atoms with Crippen molar-refractivity contribution in [3.05, 3.63) is 63.6 Å².